The van der Waals surface area contributed by atoms with E-state index in [0.29, 0.717) is 43.6 Å². The lowest BCUT2D eigenvalue weighted by atomic mass is 9.72. The van der Waals surface area contributed by atoms with Gasteiger partial charge in [0.2, 0.25) is 11.8 Å². The summed E-state index contributed by atoms with van der Waals surface area (Å²) in [5, 5.41) is 8.65. The van der Waals surface area contributed by atoms with Crippen LogP contribution in [0.25, 0.3) is 11.5 Å². The number of carbonyl (C=O) groups excluding carboxylic acids is 1. The summed E-state index contributed by atoms with van der Waals surface area (Å²) in [7, 11) is 0. The molecule has 31 heavy (non-hydrogen) atoms. The van der Waals surface area contributed by atoms with Crippen molar-refractivity contribution in [2.75, 3.05) is 26.3 Å². The smallest absolute Gasteiger partial charge is 0.253 e. The third kappa shape index (κ3) is 3.74. The lowest BCUT2D eigenvalue weighted by Gasteiger charge is -2.36. The number of hydrogen-bond acceptors (Lipinski definition) is 5. The Morgan fingerprint density at radius 2 is 1.90 bits per heavy atom. The molecule has 0 saturated carbocycles. The van der Waals surface area contributed by atoms with Crippen LogP contribution in [-0.4, -0.2) is 47.3 Å². The number of rotatable bonds is 3. The van der Waals surface area contributed by atoms with Crippen LogP contribution in [0.1, 0.15) is 40.6 Å². The quantitative estimate of drug-likeness (QED) is 0.633. The Morgan fingerprint density at radius 3 is 2.65 bits per heavy atom. The van der Waals surface area contributed by atoms with E-state index in [2.05, 4.69) is 10.2 Å². The zero-order chi connectivity index (χ0) is 21.4. The first-order valence-electron chi connectivity index (χ1n) is 10.6. The largest absolute Gasteiger partial charge is 0.420 e. The maximum absolute atomic E-state index is 13.7. The molecule has 2 saturated heterocycles. The van der Waals surface area contributed by atoms with Crippen LogP contribution in [0.15, 0.2) is 52.9 Å². The molecule has 0 aliphatic carbocycles. The fraction of sp³-hybridized carbons (Fsp3) is 0.375. The molecule has 6 nitrogen and oxygen atoms in total. The van der Waals surface area contributed by atoms with Gasteiger partial charge in [-0.1, -0.05) is 23.8 Å². The number of hydrogen-bond donors (Lipinski definition) is 0. The van der Waals surface area contributed by atoms with E-state index >= 15 is 0 Å². The second kappa shape index (κ2) is 7.89. The van der Waals surface area contributed by atoms with Crippen molar-refractivity contribution in [2.24, 2.45) is 5.41 Å². The predicted octanol–water partition coefficient (Wildman–Crippen LogP) is 4.22. The van der Waals surface area contributed by atoms with Crippen molar-refractivity contribution in [1.29, 1.82) is 0 Å². The van der Waals surface area contributed by atoms with Crippen LogP contribution in [0.4, 0.5) is 4.39 Å². The molecule has 1 aromatic heterocycles. The Bertz CT molecular complexity index is 1090. The average Bonchev–Trinajstić information content (AvgIpc) is 3.40. The summed E-state index contributed by atoms with van der Waals surface area (Å²) >= 11 is 0. The highest BCUT2D eigenvalue weighted by atomic mass is 19.1. The van der Waals surface area contributed by atoms with Gasteiger partial charge in [-0.2, -0.15) is 0 Å². The van der Waals surface area contributed by atoms with Crippen LogP contribution >= 0.6 is 0 Å². The average molecular weight is 421 g/mol. The molecular formula is C24H24FN3O3. The van der Waals surface area contributed by atoms with Gasteiger partial charge in [-0.25, -0.2) is 4.39 Å². The van der Waals surface area contributed by atoms with Crippen LogP contribution in [-0.2, 0) is 4.74 Å². The van der Waals surface area contributed by atoms with Crippen molar-refractivity contribution in [3.05, 3.63) is 71.4 Å². The summed E-state index contributed by atoms with van der Waals surface area (Å²) in [5.74, 6) is 0.355. The van der Waals surface area contributed by atoms with Gasteiger partial charge in [-0.05, 0) is 50.1 Å². The maximum atomic E-state index is 13.7. The first-order chi connectivity index (χ1) is 15.0. The molecule has 1 amide bonds. The van der Waals surface area contributed by atoms with Crippen molar-refractivity contribution in [1.82, 2.24) is 15.1 Å². The maximum Gasteiger partial charge on any atom is 0.253 e. The molecule has 0 bridgehead atoms. The van der Waals surface area contributed by atoms with Crippen molar-refractivity contribution in [3.63, 3.8) is 0 Å². The molecular weight excluding hydrogens is 397 g/mol. The zero-order valence-electron chi connectivity index (χ0n) is 17.4. The van der Waals surface area contributed by atoms with Crippen molar-refractivity contribution < 1.29 is 18.3 Å². The molecule has 0 radical (unpaired) electrons. The van der Waals surface area contributed by atoms with Gasteiger partial charge in [0, 0.05) is 42.8 Å². The summed E-state index contributed by atoms with van der Waals surface area (Å²) in [5.41, 5.74) is 2.20. The number of ether oxygens (including phenoxy) is 1. The number of nitrogens with zero attached hydrogens (tertiary/aromatic N) is 3. The number of aryl methyl sites for hydroxylation is 1. The minimum atomic E-state index is -0.415. The third-order valence-corrected chi connectivity index (χ3v) is 6.53. The molecule has 1 unspecified atom stereocenters. The van der Waals surface area contributed by atoms with Gasteiger partial charge in [0.05, 0.1) is 5.92 Å². The molecule has 2 aromatic carbocycles. The van der Waals surface area contributed by atoms with Crippen molar-refractivity contribution >= 4 is 5.91 Å². The van der Waals surface area contributed by atoms with Gasteiger partial charge in [0.1, 0.15) is 5.82 Å². The van der Waals surface area contributed by atoms with E-state index in [-0.39, 0.29) is 17.2 Å². The highest BCUT2D eigenvalue weighted by Gasteiger charge is 2.51. The topological polar surface area (TPSA) is 68.5 Å². The molecule has 2 aliphatic heterocycles. The lowest BCUT2D eigenvalue weighted by molar-refractivity contribution is 0.00908. The Labute approximate surface area is 180 Å². The van der Waals surface area contributed by atoms with Gasteiger partial charge < -0.3 is 14.1 Å². The van der Waals surface area contributed by atoms with Crippen LogP contribution in [0.3, 0.4) is 0 Å². The molecule has 2 aliphatic rings. The molecule has 1 spiro atoms. The number of amides is 1. The highest BCUT2D eigenvalue weighted by molar-refractivity contribution is 5.94. The van der Waals surface area contributed by atoms with Crippen LogP contribution < -0.4 is 0 Å². The first kappa shape index (κ1) is 19.9. The van der Waals surface area contributed by atoms with E-state index in [1.165, 1.54) is 12.1 Å². The van der Waals surface area contributed by atoms with E-state index in [1.54, 1.807) is 17.0 Å². The minimum absolute atomic E-state index is 0.0828. The summed E-state index contributed by atoms with van der Waals surface area (Å²) in [4.78, 5) is 14.9. The first-order valence-corrected chi connectivity index (χ1v) is 10.6. The number of halogens is 1. The van der Waals surface area contributed by atoms with E-state index in [4.69, 9.17) is 9.15 Å². The van der Waals surface area contributed by atoms with Gasteiger partial charge in [0.15, 0.2) is 0 Å². The van der Waals surface area contributed by atoms with E-state index < -0.39 is 5.82 Å². The van der Waals surface area contributed by atoms with E-state index in [9.17, 15) is 9.18 Å². The Balaban J connectivity index is 1.45. The second-order valence-electron chi connectivity index (χ2n) is 8.53. The summed E-state index contributed by atoms with van der Waals surface area (Å²) < 4.78 is 25.4. The van der Waals surface area contributed by atoms with Crippen molar-refractivity contribution in [3.8, 4) is 11.5 Å². The van der Waals surface area contributed by atoms with Crippen LogP contribution in [0.5, 0.6) is 0 Å². The molecule has 5 rings (SSSR count). The van der Waals surface area contributed by atoms with Gasteiger partial charge >= 0.3 is 0 Å². The molecule has 160 valence electrons. The van der Waals surface area contributed by atoms with E-state index in [1.807, 2.05) is 31.2 Å². The zero-order valence-corrected chi connectivity index (χ0v) is 17.4. The van der Waals surface area contributed by atoms with Crippen LogP contribution in [0, 0.1) is 18.2 Å². The molecule has 1 atom stereocenters. The summed E-state index contributed by atoms with van der Waals surface area (Å²) in [6.07, 6.45) is 1.62. The highest BCUT2D eigenvalue weighted by Crippen LogP contribution is 2.49. The second-order valence-corrected chi connectivity index (χ2v) is 8.53. The van der Waals surface area contributed by atoms with Crippen LogP contribution in [0.2, 0.25) is 0 Å². The molecule has 7 heteroatoms. The summed E-state index contributed by atoms with van der Waals surface area (Å²) in [6.45, 7) is 4.33. The third-order valence-electron chi connectivity index (χ3n) is 6.53. The fourth-order valence-electron chi connectivity index (χ4n) is 4.74. The number of benzene rings is 2. The fourth-order valence-corrected chi connectivity index (χ4v) is 4.74. The van der Waals surface area contributed by atoms with Crippen molar-refractivity contribution in [2.45, 2.75) is 25.7 Å². The summed E-state index contributed by atoms with van der Waals surface area (Å²) in [6, 6.07) is 13.8. The number of carbonyl (C=O) groups is 1. The Morgan fingerprint density at radius 1 is 1.13 bits per heavy atom. The number of likely N-dealkylation sites (tertiary alicyclic amines) is 1. The molecule has 0 N–H and O–H groups in total. The standard InChI is InChI=1S/C24H24FN3O3/c1-16-5-7-17(8-6-16)21-26-27-22(31-21)20-14-28(15-24(20)9-11-30-12-10-24)23(29)18-3-2-4-19(25)13-18/h2-8,13,20H,9-12,14-15H2,1H3. The van der Waals surface area contributed by atoms with Gasteiger partial charge in [0.25, 0.3) is 5.91 Å². The van der Waals surface area contributed by atoms with Gasteiger partial charge in [-0.15, -0.1) is 10.2 Å². The lowest BCUT2D eigenvalue weighted by Crippen LogP contribution is -2.37. The molecule has 3 heterocycles. The SMILES string of the molecule is Cc1ccc(-c2nnc(C3CN(C(=O)c4cccc(F)c4)CC34CCOCC4)o2)cc1. The van der Waals surface area contributed by atoms with E-state index in [0.717, 1.165) is 24.0 Å². The monoisotopic (exact) mass is 421 g/mol. The van der Waals surface area contributed by atoms with Gasteiger partial charge in [-0.3, -0.25) is 4.79 Å². The normalized spacial score (nSPS) is 20.3. The molecule has 3 aromatic rings. The molecule has 2 fully saturated rings. The Hall–Kier alpha value is -3.06. The Kier molecular flexibility index (Phi) is 5.06. The minimum Gasteiger partial charge on any atom is -0.420 e. The number of aromatic nitrogens is 2. The predicted molar refractivity (Wildman–Crippen MR) is 112 cm³/mol.